The van der Waals surface area contributed by atoms with Crippen LogP contribution in [0.5, 0.6) is 11.5 Å². The van der Waals surface area contributed by atoms with Gasteiger partial charge in [0.15, 0.2) is 11.5 Å². The molecule has 0 saturated heterocycles. The standard InChI is InChI=1S/C21H19N3O4/c1-2-17(21(26)22-15-8-10-18-19(12-15)28-13-27-18)24-20(25)11-9-16(23-24)14-6-4-3-5-7-14/h3-12,17H,2,13H2,1H3,(H,22,26). The topological polar surface area (TPSA) is 82.4 Å². The number of nitrogens with zero attached hydrogens (tertiary/aromatic N) is 2. The Kier molecular flexibility index (Phi) is 4.80. The number of fused-ring (bicyclic) bond motifs is 1. The van der Waals surface area contributed by atoms with Crippen molar-refractivity contribution >= 4 is 11.6 Å². The Morgan fingerprint density at radius 3 is 2.68 bits per heavy atom. The molecule has 1 aliphatic rings. The van der Waals surface area contributed by atoms with Crippen molar-refractivity contribution in [3.8, 4) is 22.8 Å². The molecule has 1 atom stereocenters. The number of carbonyl (C=O) groups excluding carboxylic acids is 1. The molecule has 2 heterocycles. The van der Waals surface area contributed by atoms with Crippen molar-refractivity contribution < 1.29 is 14.3 Å². The van der Waals surface area contributed by atoms with Gasteiger partial charge in [0.05, 0.1) is 5.69 Å². The molecule has 28 heavy (non-hydrogen) atoms. The highest BCUT2D eigenvalue weighted by Crippen LogP contribution is 2.34. The van der Waals surface area contributed by atoms with Crippen molar-refractivity contribution in [2.45, 2.75) is 19.4 Å². The third kappa shape index (κ3) is 3.46. The monoisotopic (exact) mass is 377 g/mol. The second-order valence-corrected chi connectivity index (χ2v) is 6.35. The first kappa shape index (κ1) is 17.8. The van der Waals surface area contributed by atoms with Crippen LogP contribution in [0, 0.1) is 0 Å². The Hall–Kier alpha value is -3.61. The van der Waals surface area contributed by atoms with Crippen LogP contribution in [0.4, 0.5) is 5.69 Å². The maximum atomic E-state index is 12.9. The van der Waals surface area contributed by atoms with Crippen molar-refractivity contribution in [2.75, 3.05) is 12.1 Å². The summed E-state index contributed by atoms with van der Waals surface area (Å²) in [7, 11) is 0. The summed E-state index contributed by atoms with van der Waals surface area (Å²) in [5.74, 6) is 0.895. The van der Waals surface area contributed by atoms with Crippen molar-refractivity contribution in [3.63, 3.8) is 0 Å². The van der Waals surface area contributed by atoms with Gasteiger partial charge in [0, 0.05) is 23.4 Å². The normalized spacial score (nSPS) is 13.2. The number of hydrogen-bond donors (Lipinski definition) is 1. The lowest BCUT2D eigenvalue weighted by Crippen LogP contribution is -2.34. The summed E-state index contributed by atoms with van der Waals surface area (Å²) < 4.78 is 11.9. The molecule has 7 nitrogen and oxygen atoms in total. The lowest BCUT2D eigenvalue weighted by Gasteiger charge is -2.17. The lowest BCUT2D eigenvalue weighted by atomic mass is 10.1. The molecule has 1 N–H and O–H groups in total. The molecule has 1 aromatic heterocycles. The van der Waals surface area contributed by atoms with E-state index in [1.165, 1.54) is 10.7 Å². The fraction of sp³-hybridized carbons (Fsp3) is 0.190. The third-order valence-corrected chi connectivity index (χ3v) is 4.52. The van der Waals surface area contributed by atoms with Crippen LogP contribution in [-0.4, -0.2) is 22.5 Å². The molecule has 2 aromatic carbocycles. The van der Waals surface area contributed by atoms with Crippen LogP contribution in [0.15, 0.2) is 65.5 Å². The fourth-order valence-corrected chi connectivity index (χ4v) is 3.08. The highest BCUT2D eigenvalue weighted by atomic mass is 16.7. The van der Waals surface area contributed by atoms with Crippen LogP contribution in [-0.2, 0) is 4.79 Å². The van der Waals surface area contributed by atoms with E-state index in [0.29, 0.717) is 29.3 Å². The minimum atomic E-state index is -0.735. The van der Waals surface area contributed by atoms with E-state index in [2.05, 4.69) is 10.4 Å². The maximum absolute atomic E-state index is 12.9. The Labute approximate surface area is 161 Å². The molecule has 0 bridgehead atoms. The van der Waals surface area contributed by atoms with E-state index in [9.17, 15) is 9.59 Å². The van der Waals surface area contributed by atoms with Gasteiger partial charge in [-0.25, -0.2) is 4.68 Å². The van der Waals surface area contributed by atoms with Crippen LogP contribution < -0.4 is 20.3 Å². The second-order valence-electron chi connectivity index (χ2n) is 6.35. The molecular formula is C21H19N3O4. The van der Waals surface area contributed by atoms with Crippen LogP contribution in [0.25, 0.3) is 11.3 Å². The van der Waals surface area contributed by atoms with Crippen LogP contribution in [0.3, 0.4) is 0 Å². The Morgan fingerprint density at radius 2 is 1.89 bits per heavy atom. The van der Waals surface area contributed by atoms with Crippen molar-refractivity contribution in [1.29, 1.82) is 0 Å². The van der Waals surface area contributed by atoms with Crippen molar-refractivity contribution in [2.24, 2.45) is 0 Å². The van der Waals surface area contributed by atoms with E-state index in [1.807, 2.05) is 37.3 Å². The summed E-state index contributed by atoms with van der Waals surface area (Å²) in [6.45, 7) is 2.00. The van der Waals surface area contributed by atoms with E-state index in [1.54, 1.807) is 24.3 Å². The average molecular weight is 377 g/mol. The Morgan fingerprint density at radius 1 is 1.11 bits per heavy atom. The van der Waals surface area contributed by atoms with Gasteiger partial charge in [-0.1, -0.05) is 37.3 Å². The molecular weight excluding hydrogens is 358 g/mol. The molecule has 1 unspecified atom stereocenters. The van der Waals surface area contributed by atoms with E-state index in [0.717, 1.165) is 5.56 Å². The first-order valence-corrected chi connectivity index (χ1v) is 9.01. The maximum Gasteiger partial charge on any atom is 0.267 e. The zero-order chi connectivity index (χ0) is 19.5. The lowest BCUT2D eigenvalue weighted by molar-refractivity contribution is -0.119. The quantitative estimate of drug-likeness (QED) is 0.738. The van der Waals surface area contributed by atoms with Crippen molar-refractivity contribution in [3.05, 3.63) is 71.0 Å². The van der Waals surface area contributed by atoms with Crippen LogP contribution >= 0.6 is 0 Å². The molecule has 0 spiro atoms. The highest BCUT2D eigenvalue weighted by molar-refractivity contribution is 5.94. The fourth-order valence-electron chi connectivity index (χ4n) is 3.08. The van der Waals surface area contributed by atoms with Crippen LogP contribution in [0.1, 0.15) is 19.4 Å². The molecule has 7 heteroatoms. The summed E-state index contributed by atoms with van der Waals surface area (Å²) in [5.41, 5.74) is 1.75. The number of carbonyl (C=O) groups is 1. The minimum absolute atomic E-state index is 0.163. The van der Waals surface area contributed by atoms with Crippen molar-refractivity contribution in [1.82, 2.24) is 9.78 Å². The van der Waals surface area contributed by atoms with Gasteiger partial charge in [-0.3, -0.25) is 9.59 Å². The number of anilines is 1. The summed E-state index contributed by atoms with van der Waals surface area (Å²) in [4.78, 5) is 25.3. The predicted molar refractivity (Wildman–Crippen MR) is 104 cm³/mol. The second kappa shape index (κ2) is 7.56. The smallest absolute Gasteiger partial charge is 0.267 e. The zero-order valence-corrected chi connectivity index (χ0v) is 15.3. The first-order valence-electron chi connectivity index (χ1n) is 9.01. The molecule has 3 aromatic rings. The summed E-state index contributed by atoms with van der Waals surface area (Å²) in [5, 5.41) is 7.27. The summed E-state index contributed by atoms with van der Waals surface area (Å²) in [6.07, 6.45) is 0.418. The van der Waals surface area contributed by atoms with Crippen LogP contribution in [0.2, 0.25) is 0 Å². The van der Waals surface area contributed by atoms with Gasteiger partial charge in [0.25, 0.3) is 5.56 Å². The van der Waals surface area contributed by atoms with Gasteiger partial charge >= 0.3 is 0 Å². The van der Waals surface area contributed by atoms with E-state index in [-0.39, 0.29) is 18.3 Å². The predicted octanol–water partition coefficient (Wildman–Crippen LogP) is 3.23. The number of rotatable bonds is 5. The number of benzene rings is 2. The van der Waals surface area contributed by atoms with E-state index >= 15 is 0 Å². The van der Waals surface area contributed by atoms with E-state index < -0.39 is 6.04 Å². The molecule has 0 saturated carbocycles. The Bertz CT molecular complexity index is 1060. The van der Waals surface area contributed by atoms with Gasteiger partial charge in [-0.15, -0.1) is 0 Å². The molecule has 1 aliphatic heterocycles. The molecule has 142 valence electrons. The number of amides is 1. The van der Waals surface area contributed by atoms with Gasteiger partial charge in [0.2, 0.25) is 12.7 Å². The highest BCUT2D eigenvalue weighted by Gasteiger charge is 2.22. The number of ether oxygens (including phenoxy) is 2. The number of aromatic nitrogens is 2. The van der Waals surface area contributed by atoms with Gasteiger partial charge in [-0.05, 0) is 24.6 Å². The molecule has 4 rings (SSSR count). The average Bonchev–Trinajstić information content (AvgIpc) is 3.18. The molecule has 0 aliphatic carbocycles. The number of hydrogen-bond acceptors (Lipinski definition) is 5. The summed E-state index contributed by atoms with van der Waals surface area (Å²) >= 11 is 0. The largest absolute Gasteiger partial charge is 0.454 e. The van der Waals surface area contributed by atoms with E-state index in [4.69, 9.17) is 9.47 Å². The molecule has 0 radical (unpaired) electrons. The Balaban J connectivity index is 1.61. The number of nitrogens with one attached hydrogen (secondary N) is 1. The van der Waals surface area contributed by atoms with Gasteiger partial charge in [-0.2, -0.15) is 5.10 Å². The zero-order valence-electron chi connectivity index (χ0n) is 15.3. The van der Waals surface area contributed by atoms with Gasteiger partial charge < -0.3 is 14.8 Å². The molecule has 1 amide bonds. The summed E-state index contributed by atoms with van der Waals surface area (Å²) in [6, 6.07) is 17.1. The third-order valence-electron chi connectivity index (χ3n) is 4.52. The molecule has 0 fully saturated rings. The SMILES string of the molecule is CCC(C(=O)Nc1ccc2c(c1)OCO2)n1nc(-c2ccccc2)ccc1=O. The van der Waals surface area contributed by atoms with Gasteiger partial charge in [0.1, 0.15) is 6.04 Å². The first-order chi connectivity index (χ1) is 13.7. The minimum Gasteiger partial charge on any atom is -0.454 e.